The van der Waals surface area contributed by atoms with E-state index in [4.69, 9.17) is 10.5 Å². The van der Waals surface area contributed by atoms with Crippen LogP contribution in [0.5, 0.6) is 0 Å². The van der Waals surface area contributed by atoms with Crippen LogP contribution in [-0.4, -0.2) is 48.5 Å². The Morgan fingerprint density at radius 2 is 2.38 bits per heavy atom. The number of carbonyl (C=O) groups is 2. The Hall–Kier alpha value is -2.39. The van der Waals surface area contributed by atoms with Gasteiger partial charge in [0.15, 0.2) is 0 Å². The molecule has 1 fully saturated rings. The quantitative estimate of drug-likeness (QED) is 0.612. The molecule has 1 aliphatic rings. The van der Waals surface area contributed by atoms with Gasteiger partial charge < -0.3 is 15.4 Å². The number of ether oxygens (including phenoxy) is 1. The van der Waals surface area contributed by atoms with Crippen molar-refractivity contribution in [1.82, 2.24) is 9.88 Å². The Balaban J connectivity index is 2.16. The van der Waals surface area contributed by atoms with Gasteiger partial charge >= 0.3 is 5.97 Å². The van der Waals surface area contributed by atoms with E-state index in [0.717, 1.165) is 0 Å². The van der Waals surface area contributed by atoms with Gasteiger partial charge in [0.2, 0.25) is 0 Å². The van der Waals surface area contributed by atoms with Crippen molar-refractivity contribution in [2.24, 2.45) is 11.7 Å². The summed E-state index contributed by atoms with van der Waals surface area (Å²) >= 11 is 0. The van der Waals surface area contributed by atoms with E-state index in [-0.39, 0.29) is 24.3 Å². The standard InChI is InChI=1S/C15H17N3O3/c1-21-15(20)12-6-9-18(10-12)14(19)13-11(4-2-7-16)5-3-8-17-13/h3,5,8,12H,6-7,9-10,16H2,1H3. The fraction of sp³-hybridized carbons (Fsp3) is 0.400. The fourth-order valence-electron chi connectivity index (χ4n) is 2.28. The van der Waals surface area contributed by atoms with Crippen LogP contribution in [0.1, 0.15) is 22.5 Å². The lowest BCUT2D eigenvalue weighted by Gasteiger charge is -2.16. The second kappa shape index (κ2) is 6.86. The van der Waals surface area contributed by atoms with Gasteiger partial charge in [-0.1, -0.05) is 11.8 Å². The lowest BCUT2D eigenvalue weighted by molar-refractivity contribution is -0.144. The van der Waals surface area contributed by atoms with Crippen LogP contribution >= 0.6 is 0 Å². The summed E-state index contributed by atoms with van der Waals surface area (Å²) in [6.07, 6.45) is 2.16. The first-order valence-electron chi connectivity index (χ1n) is 6.68. The molecule has 1 amide bonds. The molecule has 110 valence electrons. The molecule has 6 nitrogen and oxygen atoms in total. The molecule has 1 atom stereocenters. The molecule has 2 N–H and O–H groups in total. The summed E-state index contributed by atoms with van der Waals surface area (Å²) in [5, 5.41) is 0. The van der Waals surface area contributed by atoms with Crippen molar-refractivity contribution >= 4 is 11.9 Å². The molecule has 1 saturated heterocycles. The van der Waals surface area contributed by atoms with Crippen molar-refractivity contribution in [1.29, 1.82) is 0 Å². The molecule has 0 spiro atoms. The van der Waals surface area contributed by atoms with Crippen LogP contribution in [0.2, 0.25) is 0 Å². The van der Waals surface area contributed by atoms with E-state index in [0.29, 0.717) is 30.8 Å². The topological polar surface area (TPSA) is 85.5 Å². The van der Waals surface area contributed by atoms with Crippen LogP contribution in [0.25, 0.3) is 0 Å². The first kappa shape index (κ1) is 15.0. The van der Waals surface area contributed by atoms with E-state index in [1.165, 1.54) is 7.11 Å². The van der Waals surface area contributed by atoms with Crippen molar-refractivity contribution in [3.05, 3.63) is 29.6 Å². The number of amides is 1. The molecule has 1 unspecified atom stereocenters. The van der Waals surface area contributed by atoms with Crippen LogP contribution < -0.4 is 5.73 Å². The minimum Gasteiger partial charge on any atom is -0.469 e. The van der Waals surface area contributed by atoms with Crippen molar-refractivity contribution in [3.8, 4) is 11.8 Å². The molecule has 6 heteroatoms. The summed E-state index contributed by atoms with van der Waals surface area (Å²) in [6, 6.07) is 3.45. The Bertz CT molecular complexity index is 604. The monoisotopic (exact) mass is 287 g/mol. The van der Waals surface area contributed by atoms with Gasteiger partial charge in [0, 0.05) is 19.3 Å². The number of nitrogens with zero attached hydrogens (tertiary/aromatic N) is 2. The third-order valence-corrected chi connectivity index (χ3v) is 3.35. The van der Waals surface area contributed by atoms with Gasteiger partial charge in [-0.05, 0) is 18.6 Å². The normalized spacial score (nSPS) is 17.0. The number of pyridine rings is 1. The zero-order valence-corrected chi connectivity index (χ0v) is 11.8. The lowest BCUT2D eigenvalue weighted by Crippen LogP contribution is -2.31. The number of aromatic nitrogens is 1. The molecule has 2 heterocycles. The number of likely N-dealkylation sites (tertiary alicyclic amines) is 1. The largest absolute Gasteiger partial charge is 0.469 e. The third-order valence-electron chi connectivity index (χ3n) is 3.35. The second-order valence-corrected chi connectivity index (χ2v) is 4.67. The Morgan fingerprint density at radius 3 is 3.10 bits per heavy atom. The molecular weight excluding hydrogens is 270 g/mol. The van der Waals surface area contributed by atoms with E-state index in [1.54, 1.807) is 23.2 Å². The highest BCUT2D eigenvalue weighted by molar-refractivity contribution is 5.95. The Morgan fingerprint density at radius 1 is 1.57 bits per heavy atom. The molecule has 1 aromatic heterocycles. The minimum absolute atomic E-state index is 0.219. The van der Waals surface area contributed by atoms with Crippen molar-refractivity contribution in [2.45, 2.75) is 6.42 Å². The zero-order valence-electron chi connectivity index (χ0n) is 11.8. The first-order valence-corrected chi connectivity index (χ1v) is 6.68. The number of carbonyl (C=O) groups excluding carboxylic acids is 2. The van der Waals surface area contributed by atoms with E-state index in [1.807, 2.05) is 0 Å². The van der Waals surface area contributed by atoms with E-state index in [2.05, 4.69) is 16.8 Å². The maximum atomic E-state index is 12.5. The van der Waals surface area contributed by atoms with Gasteiger partial charge in [-0.3, -0.25) is 9.59 Å². The van der Waals surface area contributed by atoms with E-state index in [9.17, 15) is 9.59 Å². The predicted octanol–water partition coefficient (Wildman–Crippen LogP) is 0.0269. The number of hydrogen-bond acceptors (Lipinski definition) is 5. The average molecular weight is 287 g/mol. The second-order valence-electron chi connectivity index (χ2n) is 4.67. The van der Waals surface area contributed by atoms with Crippen molar-refractivity contribution < 1.29 is 14.3 Å². The summed E-state index contributed by atoms with van der Waals surface area (Å²) in [6.45, 7) is 1.08. The van der Waals surface area contributed by atoms with Crippen molar-refractivity contribution in [3.63, 3.8) is 0 Å². The van der Waals surface area contributed by atoms with Gasteiger partial charge in [0.25, 0.3) is 5.91 Å². The number of rotatable bonds is 2. The first-order chi connectivity index (χ1) is 10.2. The maximum absolute atomic E-state index is 12.5. The SMILES string of the molecule is COC(=O)C1CCN(C(=O)c2ncccc2C#CCN)C1. The van der Waals surface area contributed by atoms with Crippen LogP contribution in [0.3, 0.4) is 0 Å². The smallest absolute Gasteiger partial charge is 0.310 e. The molecule has 1 aliphatic heterocycles. The summed E-state index contributed by atoms with van der Waals surface area (Å²) in [5.74, 6) is 4.80. The molecular formula is C15H17N3O3. The average Bonchev–Trinajstić information content (AvgIpc) is 3.01. The summed E-state index contributed by atoms with van der Waals surface area (Å²) < 4.78 is 4.72. The zero-order chi connectivity index (χ0) is 15.2. The highest BCUT2D eigenvalue weighted by Gasteiger charge is 2.33. The minimum atomic E-state index is -0.283. The van der Waals surface area contributed by atoms with Gasteiger partial charge in [0.05, 0.1) is 25.1 Å². The molecule has 21 heavy (non-hydrogen) atoms. The van der Waals surface area contributed by atoms with Crippen LogP contribution in [-0.2, 0) is 9.53 Å². The van der Waals surface area contributed by atoms with Crippen LogP contribution in [0, 0.1) is 17.8 Å². The highest BCUT2D eigenvalue weighted by atomic mass is 16.5. The van der Waals surface area contributed by atoms with Crippen LogP contribution in [0.15, 0.2) is 18.3 Å². The molecule has 0 aliphatic carbocycles. The van der Waals surface area contributed by atoms with Gasteiger partial charge in [-0.15, -0.1) is 0 Å². The van der Waals surface area contributed by atoms with Crippen LogP contribution in [0.4, 0.5) is 0 Å². The third kappa shape index (κ3) is 3.38. The molecule has 0 saturated carbocycles. The Kier molecular flexibility index (Phi) is 4.90. The van der Waals surface area contributed by atoms with Gasteiger partial charge in [-0.2, -0.15) is 0 Å². The summed E-state index contributed by atoms with van der Waals surface area (Å²) in [5.41, 5.74) is 6.20. The van der Waals surface area contributed by atoms with E-state index >= 15 is 0 Å². The molecule has 0 aromatic carbocycles. The predicted molar refractivity (Wildman–Crippen MR) is 76.2 cm³/mol. The summed E-state index contributed by atoms with van der Waals surface area (Å²) in [4.78, 5) is 29.7. The molecule has 0 radical (unpaired) electrons. The summed E-state index contributed by atoms with van der Waals surface area (Å²) in [7, 11) is 1.35. The van der Waals surface area contributed by atoms with Crippen molar-refractivity contribution in [2.75, 3.05) is 26.7 Å². The lowest BCUT2D eigenvalue weighted by atomic mass is 10.1. The molecule has 1 aromatic rings. The maximum Gasteiger partial charge on any atom is 0.310 e. The number of methoxy groups -OCH3 is 1. The molecule has 2 rings (SSSR count). The number of esters is 1. The van der Waals surface area contributed by atoms with Gasteiger partial charge in [0.1, 0.15) is 5.69 Å². The van der Waals surface area contributed by atoms with E-state index < -0.39 is 0 Å². The number of nitrogens with two attached hydrogens (primary N) is 1. The highest BCUT2D eigenvalue weighted by Crippen LogP contribution is 2.20. The van der Waals surface area contributed by atoms with Gasteiger partial charge in [-0.25, -0.2) is 4.98 Å². The fourth-order valence-corrected chi connectivity index (χ4v) is 2.28. The number of hydrogen-bond donors (Lipinski definition) is 1. The Labute approximate surface area is 123 Å². The molecule has 0 bridgehead atoms.